The molecule has 1 aromatic heterocycles. The van der Waals surface area contributed by atoms with Gasteiger partial charge in [0, 0.05) is 80.9 Å². The molecule has 71 heavy (non-hydrogen) atoms. The van der Waals surface area contributed by atoms with Gasteiger partial charge in [-0.25, -0.2) is 22.9 Å². The summed E-state index contributed by atoms with van der Waals surface area (Å²) in [6.07, 6.45) is 6.72. The first-order chi connectivity index (χ1) is 33.8. The molecule has 4 aliphatic rings. The molecule has 0 unspecified atom stereocenters. The second-order valence-electron chi connectivity index (χ2n) is 20.6. The molecule has 3 N–H and O–H groups in total. The third-order valence-electron chi connectivity index (χ3n) is 13.6. The van der Waals surface area contributed by atoms with Gasteiger partial charge < -0.3 is 29.3 Å². The molecule has 0 atom stereocenters. The van der Waals surface area contributed by atoms with Gasteiger partial charge in [0.1, 0.15) is 28.6 Å². The average Bonchev–Trinajstić information content (AvgIpc) is 3.33. The van der Waals surface area contributed by atoms with Crippen molar-refractivity contribution >= 4 is 62.1 Å². The number of ether oxygens (including phenoxy) is 3. The first-order valence-corrected chi connectivity index (χ1v) is 26.3. The van der Waals surface area contributed by atoms with E-state index >= 15 is 0 Å². The van der Waals surface area contributed by atoms with Crippen molar-refractivity contribution in [3.05, 3.63) is 111 Å². The number of piperidine rings is 1. The zero-order valence-electron chi connectivity index (χ0n) is 41.2. The van der Waals surface area contributed by atoms with Crippen molar-refractivity contribution in [3.63, 3.8) is 0 Å². The molecule has 1 aliphatic carbocycles. The van der Waals surface area contributed by atoms with Gasteiger partial charge in [0.05, 0.1) is 21.6 Å². The number of carbonyl (C=O) groups is 2. The maximum absolute atomic E-state index is 14.2. The molecule has 380 valence electrons. The molecular weight excluding hydrogens is 948 g/mol. The van der Waals surface area contributed by atoms with Crippen LogP contribution in [0, 0.1) is 15.5 Å². The highest BCUT2D eigenvalue weighted by atomic mass is 35.5. The predicted molar refractivity (Wildman–Crippen MR) is 275 cm³/mol. The zero-order chi connectivity index (χ0) is 50.5. The third-order valence-corrected chi connectivity index (χ3v) is 15.2. The second kappa shape index (κ2) is 21.9. The van der Waals surface area contributed by atoms with Crippen LogP contribution in [0.4, 0.5) is 27.7 Å². The van der Waals surface area contributed by atoms with Crippen LogP contribution in [0.2, 0.25) is 5.02 Å². The number of aromatic nitrogens is 1. The minimum atomic E-state index is -4.65. The first-order valence-electron chi connectivity index (χ1n) is 24.5. The minimum absolute atomic E-state index is 0.0131. The number of nitro benzene ring substituents is 1. The topological polar surface area (TPSA) is 198 Å². The summed E-state index contributed by atoms with van der Waals surface area (Å²) in [5.41, 5.74) is 4.15. The molecule has 3 saturated heterocycles. The maximum Gasteiger partial charge on any atom is 0.413 e. The van der Waals surface area contributed by atoms with Crippen LogP contribution in [0.5, 0.6) is 11.5 Å². The van der Waals surface area contributed by atoms with Crippen LogP contribution in [-0.2, 0) is 19.5 Å². The number of carbonyl (C=O) groups excluding carboxylic acids is 2. The van der Waals surface area contributed by atoms with Gasteiger partial charge in [0.2, 0.25) is 0 Å². The van der Waals surface area contributed by atoms with E-state index in [1.54, 1.807) is 39.0 Å². The van der Waals surface area contributed by atoms with Crippen molar-refractivity contribution in [1.82, 2.24) is 19.9 Å². The second-order valence-corrected chi connectivity index (χ2v) is 22.7. The van der Waals surface area contributed by atoms with Gasteiger partial charge in [-0.15, -0.1) is 0 Å². The van der Waals surface area contributed by atoms with Crippen LogP contribution in [-0.4, -0.2) is 112 Å². The van der Waals surface area contributed by atoms with Gasteiger partial charge in [0.25, 0.3) is 21.6 Å². The van der Waals surface area contributed by atoms with Gasteiger partial charge in [-0.1, -0.05) is 43.2 Å². The number of halogens is 1. The van der Waals surface area contributed by atoms with Crippen molar-refractivity contribution in [3.8, 4) is 11.5 Å². The summed E-state index contributed by atoms with van der Waals surface area (Å²) in [6, 6.07) is 20.0. The Morgan fingerprint density at radius 3 is 2.32 bits per heavy atom. The van der Waals surface area contributed by atoms with Crippen molar-refractivity contribution in [2.24, 2.45) is 5.41 Å². The fourth-order valence-electron chi connectivity index (χ4n) is 9.94. The lowest BCUT2D eigenvalue weighted by molar-refractivity contribution is -0.384. The smallest absolute Gasteiger partial charge is 0.413 e. The Morgan fingerprint density at radius 1 is 0.958 bits per heavy atom. The number of hydrogen-bond acceptors (Lipinski definition) is 14. The van der Waals surface area contributed by atoms with E-state index < -0.39 is 37.4 Å². The van der Waals surface area contributed by atoms with Crippen LogP contribution < -0.4 is 29.9 Å². The highest BCUT2D eigenvalue weighted by Gasteiger charge is 2.36. The number of hydrogen-bond donors (Lipinski definition) is 3. The van der Waals surface area contributed by atoms with E-state index in [2.05, 4.69) is 61.0 Å². The fourth-order valence-corrected chi connectivity index (χ4v) is 11.0. The number of rotatable bonds is 14. The number of piperazine rings is 1. The van der Waals surface area contributed by atoms with Crippen LogP contribution in [0.3, 0.4) is 0 Å². The van der Waals surface area contributed by atoms with Crippen molar-refractivity contribution in [2.75, 3.05) is 74.1 Å². The van der Waals surface area contributed by atoms with Gasteiger partial charge in [0.15, 0.2) is 0 Å². The van der Waals surface area contributed by atoms with Crippen LogP contribution in [0.15, 0.2) is 89.5 Å². The Bertz CT molecular complexity index is 2690. The fraction of sp³-hybridized carbons (Fsp3) is 0.481. The van der Waals surface area contributed by atoms with Gasteiger partial charge in [-0.05, 0) is 144 Å². The molecule has 3 fully saturated rings. The number of allylic oxidation sites excluding steroid dienone is 1. The normalized spacial score (nSPS) is 18.4. The Hall–Kier alpha value is -5.79. The number of pyridine rings is 1. The highest BCUT2D eigenvalue weighted by Crippen LogP contribution is 2.44. The molecule has 3 aromatic carbocycles. The number of sulfonamides is 1. The zero-order valence-corrected chi connectivity index (χ0v) is 42.7. The number of nitrogens with one attached hydrogen (secondary N) is 3. The number of nitro groups is 1. The molecule has 17 nitrogen and oxygen atoms in total. The van der Waals surface area contributed by atoms with E-state index in [-0.39, 0.29) is 46.1 Å². The first kappa shape index (κ1) is 51.6. The molecule has 0 bridgehead atoms. The van der Waals surface area contributed by atoms with Crippen LogP contribution >= 0.6 is 11.6 Å². The summed E-state index contributed by atoms with van der Waals surface area (Å²) < 4.78 is 47.6. The number of benzene rings is 3. The molecule has 0 spiro atoms. The summed E-state index contributed by atoms with van der Waals surface area (Å²) in [4.78, 5) is 49.4. The Morgan fingerprint density at radius 2 is 1.66 bits per heavy atom. The number of amides is 2. The predicted octanol–water partition coefficient (Wildman–Crippen LogP) is 9.42. The summed E-state index contributed by atoms with van der Waals surface area (Å²) in [7, 11) is -4.65. The number of nitrogens with zero attached hydrogens (tertiary/aromatic N) is 5. The van der Waals surface area contributed by atoms with E-state index in [1.165, 1.54) is 47.2 Å². The SMILES string of the molecule is CC1(C)CCC(CN2CCN(c3ccc(C(=O)NS(=O)(=O)c4ccc(N(C5CCNCC5)C5CCOCC5)c([N+](=O)[O-])c4)c(Oc4ccc(NC(=O)OC(C)(C)C)nc4)c3)CC2)=C(c2ccc(Cl)cc2)C1. The quantitative estimate of drug-likeness (QED) is 0.0798. The summed E-state index contributed by atoms with van der Waals surface area (Å²) in [6.45, 7) is 16.2. The number of anilines is 3. The van der Waals surface area contributed by atoms with Gasteiger partial charge in [-0.3, -0.25) is 25.1 Å². The van der Waals surface area contributed by atoms with Crippen molar-refractivity contribution < 1.29 is 37.1 Å². The lowest BCUT2D eigenvalue weighted by Gasteiger charge is -2.43. The molecule has 3 aliphatic heterocycles. The molecule has 4 heterocycles. The standard InChI is InChI=1S/C52H65ClN8O9S/c1-51(2,3)70-50(63)56-48-15-11-41(33-55-48)69-47-30-40(59-26-24-58(25-27-59)34-36-16-21-52(4,5)32-44(36)35-6-8-37(53)9-7-35)10-13-43(47)49(62)57-71(66,67)42-12-14-45(46(31-42)61(64)65)60(38-17-22-54-23-18-38)39-19-28-68-29-20-39/h6-15,30-31,33,38-39,54H,16-29,32,34H2,1-5H3,(H,57,62)(H,55,56,63). The Labute approximate surface area is 421 Å². The molecule has 0 radical (unpaired) electrons. The van der Waals surface area contributed by atoms with E-state index in [0.717, 1.165) is 76.6 Å². The molecule has 8 rings (SSSR count). The van der Waals surface area contributed by atoms with E-state index in [4.69, 9.17) is 25.8 Å². The van der Waals surface area contributed by atoms with E-state index in [1.807, 2.05) is 12.1 Å². The third kappa shape index (κ3) is 13.2. The highest BCUT2D eigenvalue weighted by molar-refractivity contribution is 7.90. The largest absolute Gasteiger partial charge is 0.455 e. The Kier molecular flexibility index (Phi) is 15.9. The minimum Gasteiger partial charge on any atom is -0.455 e. The monoisotopic (exact) mass is 1010 g/mol. The van der Waals surface area contributed by atoms with Gasteiger partial charge in [-0.2, -0.15) is 0 Å². The van der Waals surface area contributed by atoms with E-state index in [9.17, 15) is 28.1 Å². The molecule has 0 saturated carbocycles. The average molecular weight is 1010 g/mol. The van der Waals surface area contributed by atoms with E-state index in [0.29, 0.717) is 49.9 Å². The van der Waals surface area contributed by atoms with Crippen LogP contribution in [0.1, 0.15) is 95.5 Å². The van der Waals surface area contributed by atoms with Crippen molar-refractivity contribution in [1.29, 1.82) is 0 Å². The maximum atomic E-state index is 14.2. The Balaban J connectivity index is 1.03. The molecule has 2 amide bonds. The summed E-state index contributed by atoms with van der Waals surface area (Å²) in [5.74, 6) is -0.557. The summed E-state index contributed by atoms with van der Waals surface area (Å²) in [5, 5.41) is 19.4. The van der Waals surface area contributed by atoms with Crippen LogP contribution in [0.25, 0.3) is 5.57 Å². The van der Waals surface area contributed by atoms with Crippen molar-refractivity contribution in [2.45, 2.75) is 102 Å². The molecule has 19 heteroatoms. The summed E-state index contributed by atoms with van der Waals surface area (Å²) >= 11 is 6.26. The lowest BCUT2D eigenvalue weighted by atomic mass is 9.72. The molecular formula is C52H65ClN8O9S. The lowest BCUT2D eigenvalue weighted by Crippen LogP contribution is -2.50. The molecule has 4 aromatic rings. The van der Waals surface area contributed by atoms with Gasteiger partial charge >= 0.3 is 6.09 Å².